The first-order valence-corrected chi connectivity index (χ1v) is 7.60. The second-order valence-corrected chi connectivity index (χ2v) is 5.74. The van der Waals surface area contributed by atoms with Crippen LogP contribution in [-0.2, 0) is 6.54 Å². The first kappa shape index (κ1) is 14.4. The van der Waals surface area contributed by atoms with Crippen molar-refractivity contribution in [1.29, 1.82) is 0 Å². The second-order valence-electron chi connectivity index (χ2n) is 5.74. The van der Waals surface area contributed by atoms with Gasteiger partial charge in [-0.1, -0.05) is 23.4 Å². The quantitative estimate of drug-likeness (QED) is 0.579. The second kappa shape index (κ2) is 5.49. The molecule has 0 radical (unpaired) electrons. The predicted octanol–water partition coefficient (Wildman–Crippen LogP) is 3.31. The van der Waals surface area contributed by atoms with E-state index in [1.165, 1.54) is 10.1 Å². The summed E-state index contributed by atoms with van der Waals surface area (Å²) in [7, 11) is 0. The highest BCUT2D eigenvalue weighted by atomic mass is 16.5. The van der Waals surface area contributed by atoms with Crippen molar-refractivity contribution in [2.24, 2.45) is 0 Å². The molecule has 0 spiro atoms. The fraction of sp³-hybridized carbons (Fsp3) is 0.167. The van der Waals surface area contributed by atoms with Crippen molar-refractivity contribution >= 4 is 11.1 Å². The van der Waals surface area contributed by atoms with Crippen molar-refractivity contribution in [1.82, 2.24) is 14.7 Å². The Bertz CT molecular complexity index is 1090. The summed E-state index contributed by atoms with van der Waals surface area (Å²) in [5.41, 5.74) is 4.47. The molecule has 4 aromatic rings. The van der Waals surface area contributed by atoms with Crippen LogP contribution in [0.2, 0.25) is 0 Å². The lowest BCUT2D eigenvalue weighted by molar-refractivity contribution is 0.418. The molecule has 0 aliphatic heterocycles. The average molecular weight is 321 g/mol. The number of aromatic nitrogens is 3. The van der Waals surface area contributed by atoms with Gasteiger partial charge >= 0.3 is 5.76 Å². The van der Waals surface area contributed by atoms with Gasteiger partial charge in [0.1, 0.15) is 0 Å². The fourth-order valence-electron chi connectivity index (χ4n) is 2.62. The van der Waals surface area contributed by atoms with Gasteiger partial charge in [0.05, 0.1) is 12.1 Å². The van der Waals surface area contributed by atoms with Gasteiger partial charge in [-0.25, -0.2) is 4.79 Å². The molecule has 0 bridgehead atoms. The van der Waals surface area contributed by atoms with E-state index in [0.29, 0.717) is 22.8 Å². The van der Waals surface area contributed by atoms with Crippen molar-refractivity contribution in [2.45, 2.75) is 20.4 Å². The van der Waals surface area contributed by atoms with Crippen molar-refractivity contribution in [3.63, 3.8) is 0 Å². The fourth-order valence-corrected chi connectivity index (χ4v) is 2.62. The zero-order valence-corrected chi connectivity index (χ0v) is 13.3. The maximum atomic E-state index is 12.0. The minimum absolute atomic E-state index is 0.199. The molecule has 0 aliphatic carbocycles. The molecule has 0 fully saturated rings. The molecule has 24 heavy (non-hydrogen) atoms. The van der Waals surface area contributed by atoms with Crippen LogP contribution in [0.3, 0.4) is 0 Å². The van der Waals surface area contributed by atoms with Crippen LogP contribution < -0.4 is 5.76 Å². The number of fused-ring (bicyclic) bond motifs is 1. The summed E-state index contributed by atoms with van der Waals surface area (Å²) in [6.07, 6.45) is 0. The Labute approximate surface area is 137 Å². The molecule has 2 heterocycles. The van der Waals surface area contributed by atoms with Gasteiger partial charge in [0.25, 0.3) is 5.89 Å². The van der Waals surface area contributed by atoms with E-state index in [1.807, 2.05) is 43.3 Å². The SMILES string of the molecule is Cc1ccc(-c2nc(Cn3c(=O)oc4ccccc43)no2)cc1C. The summed E-state index contributed by atoms with van der Waals surface area (Å²) in [5.74, 6) is 0.430. The number of hydrogen-bond donors (Lipinski definition) is 0. The van der Waals surface area contributed by atoms with Gasteiger partial charge in [0, 0.05) is 5.56 Å². The molecule has 0 aliphatic rings. The molecule has 6 nitrogen and oxygen atoms in total. The molecule has 6 heteroatoms. The van der Waals surface area contributed by atoms with Crippen molar-refractivity contribution < 1.29 is 8.94 Å². The van der Waals surface area contributed by atoms with Crippen LogP contribution in [0.15, 0.2) is 56.2 Å². The van der Waals surface area contributed by atoms with Crippen molar-refractivity contribution in [2.75, 3.05) is 0 Å². The van der Waals surface area contributed by atoms with Gasteiger partial charge in [0.2, 0.25) is 0 Å². The summed E-state index contributed by atoms with van der Waals surface area (Å²) in [5, 5.41) is 3.98. The Morgan fingerprint density at radius 1 is 1.08 bits per heavy atom. The average Bonchev–Trinajstić information content (AvgIpc) is 3.16. The zero-order valence-electron chi connectivity index (χ0n) is 13.3. The third-order valence-electron chi connectivity index (χ3n) is 4.10. The summed E-state index contributed by atoms with van der Waals surface area (Å²) >= 11 is 0. The largest absolute Gasteiger partial charge is 0.420 e. The lowest BCUT2D eigenvalue weighted by atomic mass is 10.1. The Morgan fingerprint density at radius 2 is 1.92 bits per heavy atom. The molecule has 2 aromatic carbocycles. The normalized spacial score (nSPS) is 11.2. The van der Waals surface area contributed by atoms with Crippen molar-refractivity contribution in [3.05, 3.63) is 70.0 Å². The molecule has 2 aromatic heterocycles. The lowest BCUT2D eigenvalue weighted by Gasteiger charge is -2.00. The summed E-state index contributed by atoms with van der Waals surface area (Å²) in [6, 6.07) is 13.2. The predicted molar refractivity (Wildman–Crippen MR) is 88.8 cm³/mol. The van der Waals surface area contributed by atoms with Gasteiger partial charge in [0.15, 0.2) is 11.4 Å². The molecule has 0 unspecified atom stereocenters. The molecular weight excluding hydrogens is 306 g/mol. The maximum absolute atomic E-state index is 12.0. The number of nitrogens with zero attached hydrogens (tertiary/aromatic N) is 3. The molecule has 0 saturated carbocycles. The van der Waals surface area contributed by atoms with Gasteiger partial charge in [-0.05, 0) is 49.2 Å². The standard InChI is InChI=1S/C18H15N3O3/c1-11-7-8-13(9-12(11)2)17-19-16(20-24-17)10-21-14-5-3-4-6-15(14)23-18(21)22/h3-9H,10H2,1-2H3. The molecular formula is C18H15N3O3. The molecule has 0 atom stereocenters. The van der Waals surface area contributed by atoms with E-state index in [-0.39, 0.29) is 6.54 Å². The van der Waals surface area contributed by atoms with E-state index in [4.69, 9.17) is 8.94 Å². The van der Waals surface area contributed by atoms with Crippen LogP contribution in [0, 0.1) is 13.8 Å². The molecule has 120 valence electrons. The van der Waals surface area contributed by atoms with Crippen LogP contribution in [-0.4, -0.2) is 14.7 Å². The number of hydrogen-bond acceptors (Lipinski definition) is 5. The van der Waals surface area contributed by atoms with E-state index in [1.54, 1.807) is 6.07 Å². The minimum atomic E-state index is -0.436. The summed E-state index contributed by atoms with van der Waals surface area (Å²) < 4.78 is 12.0. The Hall–Kier alpha value is -3.15. The number of para-hydroxylation sites is 2. The van der Waals surface area contributed by atoms with E-state index in [0.717, 1.165) is 11.1 Å². The Morgan fingerprint density at radius 3 is 2.75 bits per heavy atom. The third kappa shape index (κ3) is 2.42. The van der Waals surface area contributed by atoms with Gasteiger partial charge in [-0.2, -0.15) is 4.98 Å². The van der Waals surface area contributed by atoms with E-state index >= 15 is 0 Å². The van der Waals surface area contributed by atoms with Crippen molar-refractivity contribution in [3.8, 4) is 11.5 Å². The van der Waals surface area contributed by atoms with Gasteiger partial charge in [-0.15, -0.1) is 0 Å². The lowest BCUT2D eigenvalue weighted by Crippen LogP contribution is -2.15. The zero-order chi connectivity index (χ0) is 16.7. The highest BCUT2D eigenvalue weighted by Crippen LogP contribution is 2.21. The van der Waals surface area contributed by atoms with Crippen LogP contribution in [0.4, 0.5) is 0 Å². The van der Waals surface area contributed by atoms with Crippen LogP contribution in [0.5, 0.6) is 0 Å². The third-order valence-corrected chi connectivity index (χ3v) is 4.10. The molecule has 4 rings (SSSR count). The van der Waals surface area contributed by atoms with Crippen LogP contribution in [0.1, 0.15) is 17.0 Å². The number of oxazole rings is 1. The molecule has 0 amide bonds. The molecule has 0 N–H and O–H groups in total. The smallest absolute Gasteiger partial charge is 0.408 e. The summed E-state index contributed by atoms with van der Waals surface area (Å²) in [4.78, 5) is 16.4. The van der Waals surface area contributed by atoms with Gasteiger partial charge < -0.3 is 8.94 Å². The van der Waals surface area contributed by atoms with E-state index in [9.17, 15) is 4.79 Å². The maximum Gasteiger partial charge on any atom is 0.420 e. The monoisotopic (exact) mass is 321 g/mol. The highest BCUT2D eigenvalue weighted by Gasteiger charge is 2.14. The Balaban J connectivity index is 1.69. The first-order valence-electron chi connectivity index (χ1n) is 7.60. The van der Waals surface area contributed by atoms with Crippen LogP contribution in [0.25, 0.3) is 22.6 Å². The minimum Gasteiger partial charge on any atom is -0.408 e. The topological polar surface area (TPSA) is 74.1 Å². The van der Waals surface area contributed by atoms with E-state index < -0.39 is 5.76 Å². The highest BCUT2D eigenvalue weighted by molar-refractivity contribution is 5.72. The Kier molecular flexibility index (Phi) is 3.30. The number of benzene rings is 2. The van der Waals surface area contributed by atoms with E-state index in [2.05, 4.69) is 17.1 Å². The van der Waals surface area contributed by atoms with Crippen LogP contribution >= 0.6 is 0 Å². The number of aryl methyl sites for hydroxylation is 2. The first-order chi connectivity index (χ1) is 11.6. The molecule has 0 saturated heterocycles. The van der Waals surface area contributed by atoms with Gasteiger partial charge in [-0.3, -0.25) is 4.57 Å². The summed E-state index contributed by atoms with van der Waals surface area (Å²) in [6.45, 7) is 4.28. The number of rotatable bonds is 3.